The number of amides is 1. The van der Waals surface area contributed by atoms with E-state index in [1.165, 1.54) is 0 Å². The zero-order chi connectivity index (χ0) is 18.5. The third-order valence-corrected chi connectivity index (χ3v) is 4.71. The van der Waals surface area contributed by atoms with E-state index in [1.807, 2.05) is 41.3 Å². The molecule has 6 heteroatoms. The van der Waals surface area contributed by atoms with E-state index in [4.69, 9.17) is 27.9 Å². The van der Waals surface area contributed by atoms with Crippen molar-refractivity contribution in [1.29, 1.82) is 0 Å². The van der Waals surface area contributed by atoms with Crippen molar-refractivity contribution in [2.75, 3.05) is 33.3 Å². The monoisotopic (exact) mass is 390 g/mol. The Morgan fingerprint density at radius 1 is 1.04 bits per heavy atom. The van der Waals surface area contributed by atoms with E-state index in [0.717, 1.165) is 35.5 Å². The maximum Gasteiger partial charge on any atom is 0.247 e. The summed E-state index contributed by atoms with van der Waals surface area (Å²) in [6, 6.07) is 12.9. The molecule has 2 aromatic carbocycles. The first-order chi connectivity index (χ1) is 12.6. The van der Waals surface area contributed by atoms with Crippen LogP contribution >= 0.6 is 23.2 Å². The zero-order valence-electron chi connectivity index (χ0n) is 14.5. The van der Waals surface area contributed by atoms with Crippen LogP contribution in [-0.4, -0.2) is 44.1 Å². The van der Waals surface area contributed by atoms with Gasteiger partial charge < -0.3 is 15.0 Å². The Morgan fingerprint density at radius 2 is 1.65 bits per heavy atom. The van der Waals surface area contributed by atoms with Gasteiger partial charge in [-0.1, -0.05) is 35.3 Å². The molecule has 3 rings (SSSR count). The highest BCUT2D eigenvalue weighted by Crippen LogP contribution is 2.30. The molecule has 4 nitrogen and oxygen atoms in total. The topological polar surface area (TPSA) is 41.6 Å². The number of benzene rings is 2. The van der Waals surface area contributed by atoms with Crippen molar-refractivity contribution in [3.05, 3.63) is 69.7 Å². The third kappa shape index (κ3) is 4.58. The molecule has 1 amide bonds. The van der Waals surface area contributed by atoms with Crippen LogP contribution in [0.5, 0.6) is 5.75 Å². The molecule has 0 aliphatic carbocycles. The van der Waals surface area contributed by atoms with Crippen molar-refractivity contribution in [2.45, 2.75) is 0 Å². The maximum absolute atomic E-state index is 12.8. The lowest BCUT2D eigenvalue weighted by Gasteiger charge is -2.26. The van der Waals surface area contributed by atoms with Crippen LogP contribution in [0.25, 0.3) is 5.57 Å². The quantitative estimate of drug-likeness (QED) is 0.805. The lowest BCUT2D eigenvalue weighted by atomic mass is 9.97. The van der Waals surface area contributed by atoms with Gasteiger partial charge in [0.15, 0.2) is 0 Å². The van der Waals surface area contributed by atoms with Gasteiger partial charge in [0.2, 0.25) is 5.91 Å². The molecule has 1 N–H and O–H groups in total. The number of carbonyl (C=O) groups excluding carboxylic acids is 1. The van der Waals surface area contributed by atoms with Gasteiger partial charge in [0.05, 0.1) is 7.11 Å². The highest BCUT2D eigenvalue weighted by molar-refractivity contribution is 6.35. The Bertz CT molecular complexity index is 793. The number of carbonyl (C=O) groups is 1. The van der Waals surface area contributed by atoms with Gasteiger partial charge in [-0.2, -0.15) is 0 Å². The van der Waals surface area contributed by atoms with Crippen LogP contribution in [0.15, 0.2) is 48.5 Å². The first kappa shape index (κ1) is 18.8. The molecule has 0 unspecified atom stereocenters. The van der Waals surface area contributed by atoms with Gasteiger partial charge in [0.1, 0.15) is 5.75 Å². The van der Waals surface area contributed by atoms with E-state index in [1.54, 1.807) is 19.3 Å². The van der Waals surface area contributed by atoms with E-state index >= 15 is 0 Å². The number of nitrogens with one attached hydrogen (secondary N) is 1. The van der Waals surface area contributed by atoms with Crippen molar-refractivity contribution >= 4 is 34.7 Å². The lowest BCUT2D eigenvalue weighted by Crippen LogP contribution is -2.45. The number of hydrogen-bond acceptors (Lipinski definition) is 3. The van der Waals surface area contributed by atoms with E-state index < -0.39 is 0 Å². The molecule has 2 aromatic rings. The summed E-state index contributed by atoms with van der Waals surface area (Å²) in [4.78, 5) is 14.6. The average Bonchev–Trinajstić information content (AvgIpc) is 2.66. The Hall–Kier alpha value is -2.01. The molecule has 1 fully saturated rings. The Labute approximate surface area is 163 Å². The Morgan fingerprint density at radius 3 is 2.23 bits per heavy atom. The molecule has 1 aliphatic rings. The predicted octanol–water partition coefficient (Wildman–Crippen LogP) is 3.87. The minimum absolute atomic E-state index is 0.0200. The molecule has 0 atom stereocenters. The van der Waals surface area contributed by atoms with Crippen LogP contribution in [0, 0.1) is 0 Å². The highest BCUT2D eigenvalue weighted by atomic mass is 35.5. The minimum Gasteiger partial charge on any atom is -0.497 e. The number of rotatable bonds is 4. The van der Waals surface area contributed by atoms with Crippen molar-refractivity contribution in [3.63, 3.8) is 0 Å². The number of halogens is 2. The standard InChI is InChI=1S/C20H20Cl2N2O2/c1-26-18-4-2-14(3-5-18)19(15-10-16(21)12-17(22)11-15)13-20(25)24-8-6-23-7-9-24/h2-5,10-13,23H,6-9H2,1H3/b19-13-. The highest BCUT2D eigenvalue weighted by Gasteiger charge is 2.17. The molecular formula is C20H20Cl2N2O2. The summed E-state index contributed by atoms with van der Waals surface area (Å²) in [6.45, 7) is 3.00. The summed E-state index contributed by atoms with van der Waals surface area (Å²) in [5.74, 6) is 0.735. The second-order valence-corrected chi connectivity index (χ2v) is 6.89. The fourth-order valence-electron chi connectivity index (χ4n) is 2.91. The van der Waals surface area contributed by atoms with Gasteiger partial charge in [-0.05, 0) is 47.0 Å². The van der Waals surface area contributed by atoms with Crippen LogP contribution in [0.3, 0.4) is 0 Å². The first-order valence-corrected chi connectivity index (χ1v) is 9.14. The van der Waals surface area contributed by atoms with Crippen molar-refractivity contribution in [3.8, 4) is 5.75 Å². The summed E-state index contributed by atoms with van der Waals surface area (Å²) in [7, 11) is 1.62. The lowest BCUT2D eigenvalue weighted by molar-refractivity contribution is -0.126. The molecule has 0 radical (unpaired) electrons. The first-order valence-electron chi connectivity index (χ1n) is 8.39. The molecule has 1 heterocycles. The molecule has 0 bridgehead atoms. The normalized spacial score (nSPS) is 15.0. The number of nitrogens with zero attached hydrogens (tertiary/aromatic N) is 1. The molecule has 1 aliphatic heterocycles. The smallest absolute Gasteiger partial charge is 0.247 e. The summed E-state index contributed by atoms with van der Waals surface area (Å²) in [6.07, 6.45) is 1.66. The molecule has 136 valence electrons. The van der Waals surface area contributed by atoms with Crippen LogP contribution < -0.4 is 10.1 Å². The second kappa shape index (κ2) is 8.58. The summed E-state index contributed by atoms with van der Waals surface area (Å²) in [5.41, 5.74) is 2.48. The van der Waals surface area contributed by atoms with Gasteiger partial charge >= 0.3 is 0 Å². The van der Waals surface area contributed by atoms with Crippen LogP contribution in [-0.2, 0) is 4.79 Å². The second-order valence-electron chi connectivity index (χ2n) is 6.02. The largest absolute Gasteiger partial charge is 0.497 e. The van der Waals surface area contributed by atoms with E-state index in [0.29, 0.717) is 23.1 Å². The fraction of sp³-hybridized carbons (Fsp3) is 0.250. The Kier molecular flexibility index (Phi) is 6.20. The van der Waals surface area contributed by atoms with E-state index in [2.05, 4.69) is 5.32 Å². The van der Waals surface area contributed by atoms with Gasteiger partial charge in [-0.25, -0.2) is 0 Å². The van der Waals surface area contributed by atoms with Gasteiger partial charge in [0.25, 0.3) is 0 Å². The van der Waals surface area contributed by atoms with Crippen molar-refractivity contribution in [1.82, 2.24) is 10.2 Å². The Balaban J connectivity index is 2.02. The number of methoxy groups -OCH3 is 1. The minimum atomic E-state index is -0.0200. The molecule has 0 saturated carbocycles. The van der Waals surface area contributed by atoms with Crippen LogP contribution in [0.1, 0.15) is 11.1 Å². The summed E-state index contributed by atoms with van der Waals surface area (Å²) >= 11 is 12.4. The van der Waals surface area contributed by atoms with Gasteiger partial charge in [-0.15, -0.1) is 0 Å². The fourth-order valence-corrected chi connectivity index (χ4v) is 3.44. The number of ether oxygens (including phenoxy) is 1. The average molecular weight is 391 g/mol. The summed E-state index contributed by atoms with van der Waals surface area (Å²) in [5, 5.41) is 4.31. The molecular weight excluding hydrogens is 371 g/mol. The number of piperazine rings is 1. The molecule has 0 aromatic heterocycles. The van der Waals surface area contributed by atoms with Crippen molar-refractivity contribution in [2.24, 2.45) is 0 Å². The molecule has 26 heavy (non-hydrogen) atoms. The molecule has 0 spiro atoms. The SMILES string of the molecule is COc1ccc(/C(=C/C(=O)N2CCNCC2)c2cc(Cl)cc(Cl)c2)cc1. The predicted molar refractivity (Wildman–Crippen MR) is 106 cm³/mol. The van der Waals surface area contributed by atoms with Gasteiger partial charge in [-0.3, -0.25) is 4.79 Å². The zero-order valence-corrected chi connectivity index (χ0v) is 16.0. The third-order valence-electron chi connectivity index (χ3n) is 4.27. The molecule has 1 saturated heterocycles. The maximum atomic E-state index is 12.8. The number of hydrogen-bond donors (Lipinski definition) is 1. The van der Waals surface area contributed by atoms with Gasteiger partial charge in [0, 0.05) is 42.3 Å². The van der Waals surface area contributed by atoms with Crippen LogP contribution in [0.2, 0.25) is 10.0 Å². The van der Waals surface area contributed by atoms with Crippen molar-refractivity contribution < 1.29 is 9.53 Å². The van der Waals surface area contributed by atoms with E-state index in [9.17, 15) is 4.79 Å². The van der Waals surface area contributed by atoms with E-state index in [-0.39, 0.29) is 5.91 Å². The summed E-state index contributed by atoms with van der Waals surface area (Å²) < 4.78 is 5.23. The van der Waals surface area contributed by atoms with Crippen LogP contribution in [0.4, 0.5) is 0 Å².